The Kier molecular flexibility index (Phi) is 11.8. The van der Waals surface area contributed by atoms with E-state index < -0.39 is 53.8 Å². The molecule has 1 rings (SSSR count). The number of nitrogens with zero attached hydrogens (tertiary/aromatic N) is 1. The highest BCUT2D eigenvalue weighted by Crippen LogP contribution is 2.20. The first-order valence-electron chi connectivity index (χ1n) is 11.4. The largest absolute Gasteiger partial charge is 0.480 e. The predicted octanol–water partition coefficient (Wildman–Crippen LogP) is -1.59. The topological polar surface area (TPSA) is 211 Å². The maximum Gasteiger partial charge on any atom is 0.326 e. The molecular formula is C21H38N6O6. The molecule has 33 heavy (non-hydrogen) atoms. The van der Waals surface area contributed by atoms with Crippen LogP contribution in [0.25, 0.3) is 0 Å². The fraction of sp³-hybridized carbons (Fsp3) is 0.762. The van der Waals surface area contributed by atoms with Gasteiger partial charge in [0, 0.05) is 13.0 Å². The highest BCUT2D eigenvalue weighted by molar-refractivity contribution is 5.94. The van der Waals surface area contributed by atoms with Gasteiger partial charge in [0.15, 0.2) is 0 Å². The number of unbranched alkanes of at least 4 members (excludes halogenated alkanes) is 1. The summed E-state index contributed by atoms with van der Waals surface area (Å²) in [6.45, 7) is 4.19. The van der Waals surface area contributed by atoms with Gasteiger partial charge in [0.25, 0.3) is 0 Å². The molecule has 1 heterocycles. The molecule has 9 N–H and O–H groups in total. The van der Waals surface area contributed by atoms with E-state index in [1.54, 1.807) is 13.8 Å². The third-order valence-electron chi connectivity index (χ3n) is 5.72. The molecule has 0 saturated carbocycles. The van der Waals surface area contributed by atoms with Crippen molar-refractivity contribution in [3.63, 3.8) is 0 Å². The van der Waals surface area contributed by atoms with Crippen LogP contribution in [0.15, 0.2) is 0 Å². The van der Waals surface area contributed by atoms with Crippen molar-refractivity contribution in [3.8, 4) is 0 Å². The SMILES string of the molecule is CC(C)C(N)C(=O)NC(CCC(N)=O)C(=O)NC(CCCCN)C(=O)N1CCCC1C(=O)O. The Balaban J connectivity index is 3.02. The standard InChI is InChI=1S/C21H38N6O6/c1-12(2)17(24)19(30)25-13(8-9-16(23)28)18(29)26-14(6-3-4-10-22)20(31)27-11-5-7-15(27)21(32)33/h12-15,17H,3-11,22,24H2,1-2H3,(H2,23,28)(H,25,30)(H,26,29)(H,32,33). The van der Waals surface area contributed by atoms with E-state index in [1.807, 2.05) is 0 Å². The predicted molar refractivity (Wildman–Crippen MR) is 120 cm³/mol. The van der Waals surface area contributed by atoms with E-state index in [4.69, 9.17) is 17.2 Å². The zero-order chi connectivity index (χ0) is 25.1. The number of rotatable bonds is 14. The van der Waals surface area contributed by atoms with Gasteiger partial charge in [-0.1, -0.05) is 13.8 Å². The maximum atomic E-state index is 13.1. The van der Waals surface area contributed by atoms with Gasteiger partial charge in [0.1, 0.15) is 18.1 Å². The van der Waals surface area contributed by atoms with E-state index in [1.165, 1.54) is 4.90 Å². The van der Waals surface area contributed by atoms with Crippen molar-refractivity contribution in [2.75, 3.05) is 13.1 Å². The number of carboxylic acids is 1. The number of aliphatic carboxylic acids is 1. The first-order chi connectivity index (χ1) is 15.5. The number of nitrogens with one attached hydrogen (secondary N) is 2. The summed E-state index contributed by atoms with van der Waals surface area (Å²) in [5.74, 6) is -3.65. The number of hydrogen-bond donors (Lipinski definition) is 6. The number of carbonyl (C=O) groups is 5. The van der Waals surface area contributed by atoms with Crippen molar-refractivity contribution in [2.24, 2.45) is 23.1 Å². The van der Waals surface area contributed by atoms with Crippen molar-refractivity contribution in [1.82, 2.24) is 15.5 Å². The molecule has 12 nitrogen and oxygen atoms in total. The van der Waals surface area contributed by atoms with E-state index >= 15 is 0 Å². The minimum Gasteiger partial charge on any atom is -0.480 e. The number of carbonyl (C=O) groups excluding carboxylic acids is 4. The first kappa shape index (κ1) is 28.3. The fourth-order valence-corrected chi connectivity index (χ4v) is 3.64. The van der Waals surface area contributed by atoms with E-state index in [0.29, 0.717) is 32.2 Å². The molecule has 4 atom stereocenters. The van der Waals surface area contributed by atoms with Gasteiger partial charge in [-0.2, -0.15) is 0 Å². The Bertz CT molecular complexity index is 715. The molecule has 1 aliphatic heterocycles. The summed E-state index contributed by atoms with van der Waals surface area (Å²) in [6.07, 6.45) is 2.08. The zero-order valence-electron chi connectivity index (χ0n) is 19.4. The van der Waals surface area contributed by atoms with E-state index in [-0.39, 0.29) is 31.7 Å². The molecule has 0 radical (unpaired) electrons. The van der Waals surface area contributed by atoms with Crippen LogP contribution in [0, 0.1) is 5.92 Å². The van der Waals surface area contributed by atoms with Crippen molar-refractivity contribution >= 4 is 29.6 Å². The van der Waals surface area contributed by atoms with Gasteiger partial charge >= 0.3 is 5.97 Å². The van der Waals surface area contributed by atoms with Crippen LogP contribution in [0.5, 0.6) is 0 Å². The van der Waals surface area contributed by atoms with Crippen LogP contribution in [-0.4, -0.2) is 76.9 Å². The zero-order valence-corrected chi connectivity index (χ0v) is 19.4. The number of amides is 4. The Morgan fingerprint density at radius 3 is 2.21 bits per heavy atom. The van der Waals surface area contributed by atoms with Crippen molar-refractivity contribution in [3.05, 3.63) is 0 Å². The lowest BCUT2D eigenvalue weighted by atomic mass is 10.0. The average Bonchev–Trinajstić information content (AvgIpc) is 3.24. The van der Waals surface area contributed by atoms with Crippen molar-refractivity contribution < 1.29 is 29.1 Å². The summed E-state index contributed by atoms with van der Waals surface area (Å²) in [4.78, 5) is 62.6. The molecular weight excluding hydrogens is 432 g/mol. The number of nitrogens with two attached hydrogens (primary N) is 3. The molecule has 1 saturated heterocycles. The van der Waals surface area contributed by atoms with Crippen LogP contribution >= 0.6 is 0 Å². The summed E-state index contributed by atoms with van der Waals surface area (Å²) < 4.78 is 0. The lowest BCUT2D eigenvalue weighted by Gasteiger charge is -2.29. The molecule has 4 unspecified atom stereocenters. The molecule has 0 aromatic carbocycles. The molecule has 0 bridgehead atoms. The molecule has 0 spiro atoms. The quantitative estimate of drug-likeness (QED) is 0.162. The van der Waals surface area contributed by atoms with Gasteiger partial charge in [0.2, 0.25) is 23.6 Å². The normalized spacial score (nSPS) is 18.5. The van der Waals surface area contributed by atoms with E-state index in [2.05, 4.69) is 10.6 Å². The van der Waals surface area contributed by atoms with Crippen LogP contribution in [-0.2, 0) is 24.0 Å². The van der Waals surface area contributed by atoms with Gasteiger partial charge in [-0.15, -0.1) is 0 Å². The van der Waals surface area contributed by atoms with Gasteiger partial charge in [-0.3, -0.25) is 19.2 Å². The van der Waals surface area contributed by atoms with E-state index in [0.717, 1.165) is 0 Å². The number of likely N-dealkylation sites (tertiary alicyclic amines) is 1. The lowest BCUT2D eigenvalue weighted by Crippen LogP contribution is -2.57. The van der Waals surface area contributed by atoms with Crippen molar-refractivity contribution in [2.45, 2.75) is 83.0 Å². The minimum atomic E-state index is -1.13. The Morgan fingerprint density at radius 2 is 1.67 bits per heavy atom. The third kappa shape index (κ3) is 8.97. The Morgan fingerprint density at radius 1 is 1.03 bits per heavy atom. The molecule has 0 aromatic heterocycles. The van der Waals surface area contributed by atoms with Gasteiger partial charge in [-0.05, 0) is 51.0 Å². The van der Waals surface area contributed by atoms with Crippen LogP contribution in [0.2, 0.25) is 0 Å². The molecule has 1 aliphatic rings. The minimum absolute atomic E-state index is 0.0666. The lowest BCUT2D eigenvalue weighted by molar-refractivity contribution is -0.149. The van der Waals surface area contributed by atoms with Crippen LogP contribution < -0.4 is 27.8 Å². The molecule has 0 aromatic rings. The average molecular weight is 471 g/mol. The first-order valence-corrected chi connectivity index (χ1v) is 11.4. The maximum absolute atomic E-state index is 13.1. The molecule has 188 valence electrons. The Labute approximate surface area is 194 Å². The van der Waals surface area contributed by atoms with Gasteiger partial charge in [0.05, 0.1) is 6.04 Å². The van der Waals surface area contributed by atoms with Crippen LogP contribution in [0.3, 0.4) is 0 Å². The second-order valence-electron chi connectivity index (χ2n) is 8.71. The van der Waals surface area contributed by atoms with Crippen LogP contribution in [0.1, 0.15) is 58.8 Å². The highest BCUT2D eigenvalue weighted by atomic mass is 16.4. The highest BCUT2D eigenvalue weighted by Gasteiger charge is 2.38. The number of primary amides is 1. The summed E-state index contributed by atoms with van der Waals surface area (Å²) in [5, 5.41) is 14.6. The monoisotopic (exact) mass is 470 g/mol. The van der Waals surface area contributed by atoms with Gasteiger partial charge in [-0.25, -0.2) is 4.79 Å². The van der Waals surface area contributed by atoms with E-state index in [9.17, 15) is 29.1 Å². The smallest absolute Gasteiger partial charge is 0.326 e. The summed E-state index contributed by atoms with van der Waals surface area (Å²) >= 11 is 0. The summed E-state index contributed by atoms with van der Waals surface area (Å²) in [7, 11) is 0. The third-order valence-corrected chi connectivity index (χ3v) is 5.72. The molecule has 4 amide bonds. The van der Waals surface area contributed by atoms with Gasteiger partial charge < -0.3 is 37.8 Å². The summed E-state index contributed by atoms with van der Waals surface area (Å²) in [5.41, 5.74) is 16.6. The van der Waals surface area contributed by atoms with Crippen molar-refractivity contribution in [1.29, 1.82) is 0 Å². The number of hydrogen-bond acceptors (Lipinski definition) is 7. The molecule has 0 aliphatic carbocycles. The molecule has 12 heteroatoms. The summed E-state index contributed by atoms with van der Waals surface area (Å²) in [6, 6.07) is -3.93. The Hall–Kier alpha value is -2.73. The fourth-order valence-electron chi connectivity index (χ4n) is 3.64. The second-order valence-corrected chi connectivity index (χ2v) is 8.71. The number of carboxylic acid groups (broad SMARTS) is 1. The second kappa shape index (κ2) is 13.7. The van der Waals surface area contributed by atoms with Crippen LogP contribution in [0.4, 0.5) is 0 Å². The molecule has 1 fully saturated rings.